The van der Waals surface area contributed by atoms with E-state index in [1.807, 2.05) is 0 Å². The molecule has 31 heavy (non-hydrogen) atoms. The summed E-state index contributed by atoms with van der Waals surface area (Å²) in [4.78, 5) is 15.6. The molecule has 2 fully saturated rings. The maximum absolute atomic E-state index is 13.2. The highest BCUT2D eigenvalue weighted by Gasteiger charge is 2.28. The highest BCUT2D eigenvalue weighted by atomic mass is 32.2. The van der Waals surface area contributed by atoms with Crippen molar-refractivity contribution in [3.63, 3.8) is 0 Å². The van der Waals surface area contributed by atoms with Crippen molar-refractivity contribution in [3.8, 4) is 5.75 Å². The molecule has 0 unspecified atom stereocenters. The van der Waals surface area contributed by atoms with E-state index in [0.29, 0.717) is 24.8 Å². The second kappa shape index (κ2) is 10.8. The van der Waals surface area contributed by atoms with Gasteiger partial charge in [-0.05, 0) is 49.8 Å². The van der Waals surface area contributed by atoms with Crippen molar-refractivity contribution in [1.82, 2.24) is 14.5 Å². The Labute approximate surface area is 187 Å². The summed E-state index contributed by atoms with van der Waals surface area (Å²) >= 11 is 0. The predicted octanol–water partition coefficient (Wildman–Crippen LogP) is 3.11. The molecular weight excluding hydrogens is 414 g/mol. The predicted molar refractivity (Wildman–Crippen MR) is 122 cm³/mol. The van der Waals surface area contributed by atoms with Crippen LogP contribution in [0.15, 0.2) is 23.1 Å². The molecule has 2 aliphatic rings. The SMILES string of the molecule is COc1ccc(S(=O)(=O)N2CCCCCC2)cc1C(=O)NC1CCN(CC(C)C)CC1. The summed E-state index contributed by atoms with van der Waals surface area (Å²) in [6, 6.07) is 4.69. The molecule has 2 saturated heterocycles. The molecular formula is C23H37N3O4S. The number of sulfonamides is 1. The lowest BCUT2D eigenvalue weighted by Gasteiger charge is -2.33. The van der Waals surface area contributed by atoms with E-state index in [1.165, 1.54) is 13.2 Å². The Bertz CT molecular complexity index is 840. The van der Waals surface area contributed by atoms with Crippen molar-refractivity contribution >= 4 is 15.9 Å². The minimum absolute atomic E-state index is 0.0893. The summed E-state index contributed by atoms with van der Waals surface area (Å²) in [5, 5.41) is 3.10. The molecule has 0 aliphatic carbocycles. The first-order valence-corrected chi connectivity index (χ1v) is 13.0. The van der Waals surface area contributed by atoms with Gasteiger partial charge in [-0.15, -0.1) is 0 Å². The first-order chi connectivity index (χ1) is 14.8. The number of hydrogen-bond donors (Lipinski definition) is 1. The Kier molecular flexibility index (Phi) is 8.36. The topological polar surface area (TPSA) is 79.0 Å². The highest BCUT2D eigenvalue weighted by molar-refractivity contribution is 7.89. The largest absolute Gasteiger partial charge is 0.496 e. The van der Waals surface area contributed by atoms with Gasteiger partial charge in [0.05, 0.1) is 17.6 Å². The van der Waals surface area contributed by atoms with E-state index in [0.717, 1.165) is 58.2 Å². The number of ether oxygens (including phenoxy) is 1. The van der Waals surface area contributed by atoms with Crippen molar-refractivity contribution in [2.75, 3.05) is 39.8 Å². The number of methoxy groups -OCH3 is 1. The average Bonchev–Trinajstić information content (AvgIpc) is 3.04. The lowest BCUT2D eigenvalue weighted by atomic mass is 10.0. The number of carbonyl (C=O) groups excluding carboxylic acids is 1. The molecule has 0 spiro atoms. The molecule has 2 heterocycles. The molecule has 0 radical (unpaired) electrons. The number of rotatable bonds is 7. The van der Waals surface area contributed by atoms with Crippen LogP contribution in [0.1, 0.15) is 62.7 Å². The Morgan fingerprint density at radius 2 is 1.74 bits per heavy atom. The van der Waals surface area contributed by atoms with Crippen LogP contribution in [0, 0.1) is 5.92 Å². The van der Waals surface area contributed by atoms with Crippen LogP contribution < -0.4 is 10.1 Å². The van der Waals surface area contributed by atoms with Gasteiger partial charge in [0, 0.05) is 38.8 Å². The van der Waals surface area contributed by atoms with Crippen LogP contribution in [0.4, 0.5) is 0 Å². The number of nitrogens with zero attached hydrogens (tertiary/aromatic N) is 2. The molecule has 1 amide bonds. The molecule has 1 N–H and O–H groups in total. The maximum Gasteiger partial charge on any atom is 0.255 e. The number of piperidine rings is 1. The summed E-state index contributed by atoms with van der Waals surface area (Å²) in [5.74, 6) is 0.751. The van der Waals surface area contributed by atoms with Gasteiger partial charge in [0.25, 0.3) is 5.91 Å². The fraction of sp³-hybridized carbons (Fsp3) is 0.696. The molecule has 8 heteroatoms. The summed E-state index contributed by atoms with van der Waals surface area (Å²) < 4.78 is 33.3. The van der Waals surface area contributed by atoms with Gasteiger partial charge in [-0.3, -0.25) is 4.79 Å². The van der Waals surface area contributed by atoms with Crippen LogP contribution in [-0.4, -0.2) is 69.4 Å². The number of benzene rings is 1. The third kappa shape index (κ3) is 6.20. The zero-order valence-electron chi connectivity index (χ0n) is 19.1. The van der Waals surface area contributed by atoms with Gasteiger partial charge < -0.3 is 15.0 Å². The quantitative estimate of drug-likeness (QED) is 0.689. The number of carbonyl (C=O) groups is 1. The molecule has 3 rings (SSSR count). The lowest BCUT2D eigenvalue weighted by Crippen LogP contribution is -2.45. The molecule has 0 saturated carbocycles. The van der Waals surface area contributed by atoms with Crippen molar-refractivity contribution in [2.45, 2.75) is 63.3 Å². The number of amides is 1. The molecule has 0 aromatic heterocycles. The fourth-order valence-corrected chi connectivity index (χ4v) is 6.04. The third-order valence-corrected chi connectivity index (χ3v) is 8.06. The summed E-state index contributed by atoms with van der Waals surface area (Å²) in [7, 11) is -2.13. The van der Waals surface area contributed by atoms with E-state index in [-0.39, 0.29) is 22.4 Å². The molecule has 2 aliphatic heterocycles. The van der Waals surface area contributed by atoms with E-state index in [4.69, 9.17) is 4.74 Å². The van der Waals surface area contributed by atoms with Gasteiger partial charge in [0.1, 0.15) is 5.75 Å². The lowest BCUT2D eigenvalue weighted by molar-refractivity contribution is 0.0904. The average molecular weight is 452 g/mol. The van der Waals surface area contributed by atoms with Gasteiger partial charge in [-0.1, -0.05) is 26.7 Å². The molecule has 7 nitrogen and oxygen atoms in total. The zero-order valence-corrected chi connectivity index (χ0v) is 19.9. The second-order valence-electron chi connectivity index (χ2n) is 9.12. The second-order valence-corrected chi connectivity index (χ2v) is 11.1. The van der Waals surface area contributed by atoms with E-state index in [9.17, 15) is 13.2 Å². The maximum atomic E-state index is 13.2. The first kappa shape index (κ1) is 24.0. The fourth-order valence-electron chi connectivity index (χ4n) is 4.50. The van der Waals surface area contributed by atoms with E-state index in [2.05, 4.69) is 24.1 Å². The van der Waals surface area contributed by atoms with Crippen LogP contribution in [0.25, 0.3) is 0 Å². The van der Waals surface area contributed by atoms with Crippen LogP contribution in [0.3, 0.4) is 0 Å². The zero-order chi connectivity index (χ0) is 22.4. The van der Waals surface area contributed by atoms with Gasteiger partial charge in [0.15, 0.2) is 0 Å². The molecule has 1 aromatic rings. The van der Waals surface area contributed by atoms with Crippen LogP contribution in [-0.2, 0) is 10.0 Å². The van der Waals surface area contributed by atoms with Crippen molar-refractivity contribution < 1.29 is 17.9 Å². The first-order valence-electron chi connectivity index (χ1n) is 11.5. The standard InChI is InChI=1S/C23H37N3O4S/c1-18(2)17-25-14-10-19(11-15-25)24-23(27)21-16-20(8-9-22(21)30-3)31(28,29)26-12-6-4-5-7-13-26/h8-9,16,18-19H,4-7,10-15,17H2,1-3H3,(H,24,27). The molecule has 0 bridgehead atoms. The van der Waals surface area contributed by atoms with Gasteiger partial charge >= 0.3 is 0 Å². The highest BCUT2D eigenvalue weighted by Crippen LogP contribution is 2.26. The molecule has 0 atom stereocenters. The minimum Gasteiger partial charge on any atom is -0.496 e. The summed E-state index contributed by atoms with van der Waals surface area (Å²) in [6.45, 7) is 8.49. The number of nitrogens with one attached hydrogen (secondary N) is 1. The Morgan fingerprint density at radius 1 is 1.10 bits per heavy atom. The van der Waals surface area contributed by atoms with E-state index < -0.39 is 10.0 Å². The molecule has 1 aromatic carbocycles. The Hall–Kier alpha value is -1.64. The monoisotopic (exact) mass is 451 g/mol. The van der Waals surface area contributed by atoms with E-state index in [1.54, 1.807) is 16.4 Å². The van der Waals surface area contributed by atoms with E-state index >= 15 is 0 Å². The van der Waals surface area contributed by atoms with Gasteiger partial charge in [-0.2, -0.15) is 4.31 Å². The van der Waals surface area contributed by atoms with Crippen molar-refractivity contribution in [2.24, 2.45) is 5.92 Å². The smallest absolute Gasteiger partial charge is 0.255 e. The van der Waals surface area contributed by atoms with Crippen LogP contribution >= 0.6 is 0 Å². The number of hydrogen-bond acceptors (Lipinski definition) is 5. The van der Waals surface area contributed by atoms with Crippen molar-refractivity contribution in [1.29, 1.82) is 0 Å². The summed E-state index contributed by atoms with van der Waals surface area (Å²) in [5.41, 5.74) is 0.281. The molecule has 174 valence electrons. The van der Waals surface area contributed by atoms with Crippen LogP contribution in [0.2, 0.25) is 0 Å². The van der Waals surface area contributed by atoms with Crippen molar-refractivity contribution in [3.05, 3.63) is 23.8 Å². The minimum atomic E-state index is -3.63. The van der Waals surface area contributed by atoms with Crippen LogP contribution in [0.5, 0.6) is 5.75 Å². The van der Waals surface area contributed by atoms with Gasteiger partial charge in [0.2, 0.25) is 10.0 Å². The normalized spacial score (nSPS) is 19.9. The van der Waals surface area contributed by atoms with Gasteiger partial charge in [-0.25, -0.2) is 8.42 Å². The number of likely N-dealkylation sites (tertiary alicyclic amines) is 1. The Balaban J connectivity index is 1.72. The summed E-state index contributed by atoms with van der Waals surface area (Å²) in [6.07, 6.45) is 5.64. The Morgan fingerprint density at radius 3 is 2.32 bits per heavy atom. The third-order valence-electron chi connectivity index (χ3n) is 6.16.